The minimum Gasteiger partial charge on any atom is -0.349 e. The standard InChI is InChI=1S/C15H19N3OS2/c1-15(9-16,10-4-5-10)18-13(19)7-11-8-21-14(17-11)12-3-2-6-20-12/h2-3,6,8,10H,4-5,7,9,16H2,1H3,(H,18,19). The highest BCUT2D eigenvalue weighted by Crippen LogP contribution is 2.39. The first-order valence-corrected chi connectivity index (χ1v) is 8.86. The van der Waals surface area contributed by atoms with Crippen molar-refractivity contribution in [3.8, 4) is 9.88 Å². The Balaban J connectivity index is 1.62. The van der Waals surface area contributed by atoms with Gasteiger partial charge in [0, 0.05) is 11.9 Å². The Hall–Kier alpha value is -1.24. The second-order valence-corrected chi connectivity index (χ2v) is 7.55. The van der Waals surface area contributed by atoms with Crippen LogP contribution in [0.5, 0.6) is 0 Å². The summed E-state index contributed by atoms with van der Waals surface area (Å²) in [5.41, 5.74) is 6.40. The smallest absolute Gasteiger partial charge is 0.226 e. The summed E-state index contributed by atoms with van der Waals surface area (Å²) in [7, 11) is 0. The molecule has 1 aliphatic carbocycles. The first-order valence-electron chi connectivity index (χ1n) is 7.10. The molecule has 0 saturated heterocycles. The van der Waals surface area contributed by atoms with E-state index in [1.807, 2.05) is 29.8 Å². The lowest BCUT2D eigenvalue weighted by Crippen LogP contribution is -2.53. The fraction of sp³-hybridized carbons (Fsp3) is 0.467. The van der Waals surface area contributed by atoms with Crippen molar-refractivity contribution >= 4 is 28.6 Å². The maximum Gasteiger partial charge on any atom is 0.226 e. The molecule has 112 valence electrons. The first kappa shape index (κ1) is 14.7. The quantitative estimate of drug-likeness (QED) is 0.859. The Morgan fingerprint density at radius 3 is 2.95 bits per heavy atom. The molecular weight excluding hydrogens is 302 g/mol. The van der Waals surface area contributed by atoms with Crippen molar-refractivity contribution in [3.05, 3.63) is 28.6 Å². The summed E-state index contributed by atoms with van der Waals surface area (Å²) < 4.78 is 0. The number of hydrogen-bond donors (Lipinski definition) is 2. The predicted molar refractivity (Wildman–Crippen MR) is 87.5 cm³/mol. The van der Waals surface area contributed by atoms with E-state index < -0.39 is 0 Å². The highest BCUT2D eigenvalue weighted by Gasteiger charge is 2.41. The SMILES string of the molecule is CC(CN)(NC(=O)Cc1csc(-c2cccs2)n1)C1CC1. The second kappa shape index (κ2) is 5.87. The number of carbonyl (C=O) groups is 1. The summed E-state index contributed by atoms with van der Waals surface area (Å²) in [5.74, 6) is 0.543. The van der Waals surface area contributed by atoms with E-state index >= 15 is 0 Å². The molecule has 2 aromatic rings. The van der Waals surface area contributed by atoms with Crippen molar-refractivity contribution in [3.63, 3.8) is 0 Å². The molecule has 4 nitrogen and oxygen atoms in total. The zero-order valence-corrected chi connectivity index (χ0v) is 13.6. The van der Waals surface area contributed by atoms with Crippen molar-refractivity contribution < 1.29 is 4.79 Å². The van der Waals surface area contributed by atoms with Gasteiger partial charge in [0.25, 0.3) is 0 Å². The monoisotopic (exact) mass is 321 g/mol. The molecule has 0 bridgehead atoms. The summed E-state index contributed by atoms with van der Waals surface area (Å²) in [6.07, 6.45) is 2.64. The van der Waals surface area contributed by atoms with Crippen LogP contribution in [0.1, 0.15) is 25.5 Å². The van der Waals surface area contributed by atoms with Crippen LogP contribution < -0.4 is 11.1 Å². The van der Waals surface area contributed by atoms with Gasteiger partial charge < -0.3 is 11.1 Å². The van der Waals surface area contributed by atoms with E-state index in [4.69, 9.17) is 5.73 Å². The largest absolute Gasteiger partial charge is 0.349 e. The van der Waals surface area contributed by atoms with Crippen LogP contribution in [0.2, 0.25) is 0 Å². The summed E-state index contributed by atoms with van der Waals surface area (Å²) in [6, 6.07) is 4.06. The molecule has 0 spiro atoms. The van der Waals surface area contributed by atoms with Crippen molar-refractivity contribution in [2.45, 2.75) is 31.7 Å². The van der Waals surface area contributed by atoms with Crippen molar-refractivity contribution in [2.75, 3.05) is 6.54 Å². The number of rotatable bonds is 6. The van der Waals surface area contributed by atoms with Crippen LogP contribution in [0, 0.1) is 5.92 Å². The summed E-state index contributed by atoms with van der Waals surface area (Å²) in [6.45, 7) is 2.53. The molecule has 2 heterocycles. The van der Waals surface area contributed by atoms with Gasteiger partial charge in [0.15, 0.2) is 0 Å². The average Bonchev–Trinajstić information content (AvgIpc) is 3.00. The van der Waals surface area contributed by atoms with Crippen LogP contribution in [-0.4, -0.2) is 23.0 Å². The lowest BCUT2D eigenvalue weighted by atomic mass is 9.95. The van der Waals surface area contributed by atoms with E-state index in [2.05, 4.69) is 10.3 Å². The normalized spacial score (nSPS) is 17.4. The lowest BCUT2D eigenvalue weighted by Gasteiger charge is -2.29. The van der Waals surface area contributed by atoms with E-state index in [0.29, 0.717) is 18.9 Å². The highest BCUT2D eigenvalue weighted by atomic mass is 32.1. The molecule has 0 aliphatic heterocycles. The summed E-state index contributed by atoms with van der Waals surface area (Å²) in [5, 5.41) is 8.08. The van der Waals surface area contributed by atoms with E-state index in [1.165, 1.54) is 0 Å². The summed E-state index contributed by atoms with van der Waals surface area (Å²) in [4.78, 5) is 17.9. The van der Waals surface area contributed by atoms with E-state index in [9.17, 15) is 4.79 Å². The maximum absolute atomic E-state index is 12.2. The Morgan fingerprint density at radius 1 is 1.52 bits per heavy atom. The summed E-state index contributed by atoms with van der Waals surface area (Å²) >= 11 is 3.25. The van der Waals surface area contributed by atoms with E-state index in [-0.39, 0.29) is 11.4 Å². The van der Waals surface area contributed by atoms with Gasteiger partial charge in [-0.2, -0.15) is 0 Å². The number of nitrogens with zero attached hydrogens (tertiary/aromatic N) is 1. The number of amides is 1. The molecule has 3 rings (SSSR count). The molecule has 1 unspecified atom stereocenters. The van der Waals surface area contributed by atoms with Gasteiger partial charge in [-0.15, -0.1) is 22.7 Å². The Labute approximate surface area is 132 Å². The van der Waals surface area contributed by atoms with E-state index in [1.54, 1.807) is 22.7 Å². The van der Waals surface area contributed by atoms with Crippen LogP contribution >= 0.6 is 22.7 Å². The maximum atomic E-state index is 12.2. The van der Waals surface area contributed by atoms with Gasteiger partial charge in [-0.1, -0.05) is 6.07 Å². The number of carbonyl (C=O) groups excluding carboxylic acids is 1. The minimum absolute atomic E-state index is 0.0119. The topological polar surface area (TPSA) is 68.0 Å². The Bertz CT molecular complexity index is 619. The Morgan fingerprint density at radius 2 is 2.33 bits per heavy atom. The molecular formula is C15H19N3OS2. The third-order valence-electron chi connectivity index (χ3n) is 3.95. The van der Waals surface area contributed by atoms with Gasteiger partial charge in [-0.05, 0) is 37.1 Å². The van der Waals surface area contributed by atoms with Crippen molar-refractivity contribution in [2.24, 2.45) is 11.7 Å². The van der Waals surface area contributed by atoms with Crippen LogP contribution in [0.25, 0.3) is 9.88 Å². The third kappa shape index (κ3) is 3.33. The number of nitrogens with two attached hydrogens (primary N) is 1. The highest BCUT2D eigenvalue weighted by molar-refractivity contribution is 7.20. The molecule has 1 aliphatic rings. The van der Waals surface area contributed by atoms with Crippen LogP contribution in [0.4, 0.5) is 0 Å². The van der Waals surface area contributed by atoms with Crippen molar-refractivity contribution in [1.82, 2.24) is 10.3 Å². The molecule has 0 aromatic carbocycles. The minimum atomic E-state index is -0.260. The molecule has 1 amide bonds. The fourth-order valence-corrected chi connectivity index (χ4v) is 4.10. The van der Waals surface area contributed by atoms with Crippen LogP contribution in [0.15, 0.2) is 22.9 Å². The van der Waals surface area contributed by atoms with Crippen LogP contribution in [-0.2, 0) is 11.2 Å². The molecule has 6 heteroatoms. The van der Waals surface area contributed by atoms with Crippen LogP contribution in [0.3, 0.4) is 0 Å². The van der Waals surface area contributed by atoms with Gasteiger partial charge in [-0.25, -0.2) is 4.98 Å². The average molecular weight is 321 g/mol. The molecule has 2 aromatic heterocycles. The van der Waals surface area contributed by atoms with Crippen molar-refractivity contribution in [1.29, 1.82) is 0 Å². The Kier molecular flexibility index (Phi) is 4.10. The van der Waals surface area contributed by atoms with Gasteiger partial charge in [0.1, 0.15) is 5.01 Å². The van der Waals surface area contributed by atoms with Gasteiger partial charge >= 0.3 is 0 Å². The number of aromatic nitrogens is 1. The molecule has 3 N–H and O–H groups in total. The lowest BCUT2D eigenvalue weighted by molar-refractivity contribution is -0.122. The van der Waals surface area contributed by atoms with Gasteiger partial charge in [0.05, 0.1) is 22.5 Å². The van der Waals surface area contributed by atoms with Gasteiger partial charge in [-0.3, -0.25) is 4.79 Å². The zero-order chi connectivity index (χ0) is 14.9. The second-order valence-electron chi connectivity index (χ2n) is 5.74. The van der Waals surface area contributed by atoms with Gasteiger partial charge in [0.2, 0.25) is 5.91 Å². The molecule has 21 heavy (non-hydrogen) atoms. The molecule has 1 atom stereocenters. The number of hydrogen-bond acceptors (Lipinski definition) is 5. The number of nitrogens with one attached hydrogen (secondary N) is 1. The fourth-order valence-electron chi connectivity index (χ4n) is 2.47. The van der Waals surface area contributed by atoms with E-state index in [0.717, 1.165) is 28.4 Å². The number of thiazole rings is 1. The third-order valence-corrected chi connectivity index (χ3v) is 5.88. The molecule has 1 saturated carbocycles. The molecule has 1 fully saturated rings. The number of thiophene rings is 1. The molecule has 0 radical (unpaired) electrons. The zero-order valence-electron chi connectivity index (χ0n) is 12.0. The predicted octanol–water partition coefficient (Wildman–Crippen LogP) is 2.66. The first-order chi connectivity index (χ1) is 10.1.